The van der Waals surface area contributed by atoms with Gasteiger partial charge in [0.05, 0.1) is 24.9 Å². The van der Waals surface area contributed by atoms with E-state index in [-0.39, 0.29) is 18.6 Å². The number of halogens is 1. The van der Waals surface area contributed by atoms with Gasteiger partial charge in [0.1, 0.15) is 22.6 Å². The van der Waals surface area contributed by atoms with Gasteiger partial charge in [-0.1, -0.05) is 30.3 Å². The van der Waals surface area contributed by atoms with Crippen molar-refractivity contribution in [2.45, 2.75) is 30.2 Å². The number of aromatic hydroxyl groups is 1. The summed E-state index contributed by atoms with van der Waals surface area (Å²) in [6.07, 6.45) is -0.590. The molecule has 6 nitrogen and oxygen atoms in total. The molecule has 1 aliphatic heterocycles. The van der Waals surface area contributed by atoms with Crippen molar-refractivity contribution in [2.75, 3.05) is 11.4 Å². The van der Waals surface area contributed by atoms with E-state index in [1.54, 1.807) is 42.5 Å². The van der Waals surface area contributed by atoms with Gasteiger partial charge in [0, 0.05) is 11.6 Å². The molecular formula is C24H24FNO5S. The first-order valence-electron chi connectivity index (χ1n) is 10.2. The number of nitrogens with zero attached hydrogens (tertiary/aromatic N) is 1. The molecule has 168 valence electrons. The van der Waals surface area contributed by atoms with Crippen molar-refractivity contribution >= 4 is 15.7 Å². The minimum Gasteiger partial charge on any atom is -0.507 e. The Morgan fingerprint density at radius 2 is 1.75 bits per heavy atom. The van der Waals surface area contributed by atoms with Gasteiger partial charge < -0.3 is 14.9 Å². The van der Waals surface area contributed by atoms with Gasteiger partial charge in [0.25, 0.3) is 0 Å². The molecule has 2 N–H and O–H groups in total. The number of aliphatic hydroxyl groups excluding tert-OH is 1. The molecule has 3 atom stereocenters. The highest BCUT2D eigenvalue weighted by molar-refractivity contribution is 7.95. The maximum Gasteiger partial charge on any atom is 0.241 e. The van der Waals surface area contributed by atoms with E-state index in [9.17, 15) is 23.0 Å². The maximum absolute atomic E-state index is 13.2. The minimum atomic E-state index is -3.71. The molecule has 0 aliphatic carbocycles. The zero-order valence-electron chi connectivity index (χ0n) is 17.4. The smallest absolute Gasteiger partial charge is 0.241 e. The Bertz CT molecular complexity index is 1180. The van der Waals surface area contributed by atoms with Crippen LogP contribution in [0.2, 0.25) is 0 Å². The fraction of sp³-hybridized carbons (Fsp3) is 0.250. The molecule has 4 rings (SSSR count). The van der Waals surface area contributed by atoms with Crippen molar-refractivity contribution in [3.05, 3.63) is 89.7 Å². The number of benzene rings is 3. The van der Waals surface area contributed by atoms with Crippen molar-refractivity contribution in [2.24, 2.45) is 0 Å². The third kappa shape index (κ3) is 4.03. The number of sulfonamides is 1. The summed E-state index contributed by atoms with van der Waals surface area (Å²) in [5.41, 5.74) is 1.49. The average Bonchev–Trinajstić information content (AvgIpc) is 2.78. The molecule has 0 bridgehead atoms. The predicted octanol–water partition coefficient (Wildman–Crippen LogP) is 4.31. The maximum atomic E-state index is 13.2. The number of hydrogen-bond acceptors (Lipinski definition) is 5. The molecule has 3 aromatic carbocycles. The molecule has 1 aliphatic rings. The van der Waals surface area contributed by atoms with Crippen LogP contribution in [0.25, 0.3) is 0 Å². The Kier molecular flexibility index (Phi) is 6.08. The van der Waals surface area contributed by atoms with Crippen LogP contribution < -0.4 is 9.04 Å². The lowest BCUT2D eigenvalue weighted by Crippen LogP contribution is -2.58. The van der Waals surface area contributed by atoms with E-state index in [0.29, 0.717) is 22.6 Å². The molecule has 32 heavy (non-hydrogen) atoms. The van der Waals surface area contributed by atoms with E-state index in [1.807, 2.05) is 0 Å². The second-order valence-electron chi connectivity index (χ2n) is 7.73. The molecule has 0 unspecified atom stereocenters. The highest BCUT2D eigenvalue weighted by Gasteiger charge is 2.54. The van der Waals surface area contributed by atoms with Crippen LogP contribution in [0.4, 0.5) is 10.1 Å². The number of phenolic OH excluding ortho intramolecular Hbond substituents is 1. The fourth-order valence-electron chi connectivity index (χ4n) is 4.15. The number of ether oxygens (including phenoxy) is 1. The summed E-state index contributed by atoms with van der Waals surface area (Å²) >= 11 is 0. The van der Waals surface area contributed by atoms with Gasteiger partial charge >= 0.3 is 0 Å². The minimum absolute atomic E-state index is 0.0609. The number of aliphatic hydroxyl groups is 1. The zero-order chi connectivity index (χ0) is 22.9. The van der Waals surface area contributed by atoms with Crippen LogP contribution in [0.15, 0.2) is 72.8 Å². The van der Waals surface area contributed by atoms with E-state index >= 15 is 0 Å². The summed E-state index contributed by atoms with van der Waals surface area (Å²) in [6.45, 7) is 0. The summed E-state index contributed by atoms with van der Waals surface area (Å²) < 4.78 is 46.1. The van der Waals surface area contributed by atoms with E-state index in [2.05, 4.69) is 0 Å². The quantitative estimate of drug-likeness (QED) is 0.552. The second-order valence-corrected chi connectivity index (χ2v) is 9.76. The Balaban J connectivity index is 1.64. The monoisotopic (exact) mass is 457 g/mol. The molecule has 3 aromatic rings. The number of para-hydroxylation sites is 1. The summed E-state index contributed by atoms with van der Waals surface area (Å²) in [5, 5.41) is 20.3. The molecular weight excluding hydrogens is 433 g/mol. The standard InChI is InChI=1S/C24H24FNO5S/c1-31-19-11-12-20(22(28)15-19)24-23(14-13-21(27)16-7-9-17(25)10-8-16)32(29,30)26(24)18-5-3-2-4-6-18/h2-12,15,21,23-24,27-28H,13-14H2,1H3/t21-,23+,24-/m1/s1. The molecule has 0 amide bonds. The Morgan fingerprint density at radius 1 is 1.06 bits per heavy atom. The lowest BCUT2D eigenvalue weighted by Gasteiger charge is -2.48. The molecule has 1 heterocycles. The van der Waals surface area contributed by atoms with Crippen molar-refractivity contribution in [3.8, 4) is 11.5 Å². The Hall–Kier alpha value is -3.10. The highest BCUT2D eigenvalue weighted by atomic mass is 32.2. The number of anilines is 1. The summed E-state index contributed by atoms with van der Waals surface area (Å²) in [4.78, 5) is 0. The molecule has 1 fully saturated rings. The van der Waals surface area contributed by atoms with Gasteiger partial charge in [-0.05, 0) is 54.8 Å². The number of phenols is 1. The molecule has 0 radical (unpaired) electrons. The first-order valence-corrected chi connectivity index (χ1v) is 11.7. The number of rotatable bonds is 7. The molecule has 8 heteroatoms. The molecule has 1 saturated heterocycles. The van der Waals surface area contributed by atoms with Gasteiger partial charge in [-0.2, -0.15) is 0 Å². The third-order valence-electron chi connectivity index (χ3n) is 5.81. The molecule has 0 aromatic heterocycles. The second kappa shape index (κ2) is 8.80. The van der Waals surface area contributed by atoms with Crippen molar-refractivity contribution in [1.29, 1.82) is 0 Å². The largest absolute Gasteiger partial charge is 0.507 e. The van der Waals surface area contributed by atoms with E-state index < -0.39 is 33.2 Å². The Labute approximate surface area is 186 Å². The van der Waals surface area contributed by atoms with Gasteiger partial charge in [-0.25, -0.2) is 12.8 Å². The van der Waals surface area contributed by atoms with Gasteiger partial charge in [0.2, 0.25) is 10.0 Å². The first-order chi connectivity index (χ1) is 15.3. The van der Waals surface area contributed by atoms with Crippen LogP contribution in [-0.2, 0) is 10.0 Å². The van der Waals surface area contributed by atoms with Crippen molar-refractivity contribution < 1.29 is 27.8 Å². The van der Waals surface area contributed by atoms with E-state index in [4.69, 9.17) is 4.74 Å². The first kappa shape index (κ1) is 22.1. The van der Waals surface area contributed by atoms with Crippen LogP contribution in [0.1, 0.15) is 36.1 Å². The topological polar surface area (TPSA) is 87.1 Å². The van der Waals surface area contributed by atoms with Crippen LogP contribution in [0.5, 0.6) is 11.5 Å². The average molecular weight is 458 g/mol. The molecule has 0 spiro atoms. The number of methoxy groups -OCH3 is 1. The van der Waals surface area contributed by atoms with E-state index in [1.165, 1.54) is 41.7 Å². The van der Waals surface area contributed by atoms with Gasteiger partial charge in [0.15, 0.2) is 0 Å². The summed E-state index contributed by atoms with van der Waals surface area (Å²) in [6, 6.07) is 18.3. The summed E-state index contributed by atoms with van der Waals surface area (Å²) in [5.74, 6) is -0.00620. The van der Waals surface area contributed by atoms with Gasteiger partial charge in [-0.15, -0.1) is 0 Å². The Morgan fingerprint density at radius 3 is 2.38 bits per heavy atom. The van der Waals surface area contributed by atoms with Crippen LogP contribution in [0.3, 0.4) is 0 Å². The lowest BCUT2D eigenvalue weighted by molar-refractivity contribution is 0.162. The van der Waals surface area contributed by atoms with Crippen LogP contribution in [-0.4, -0.2) is 31.0 Å². The van der Waals surface area contributed by atoms with Gasteiger partial charge in [-0.3, -0.25) is 4.31 Å². The number of hydrogen-bond donors (Lipinski definition) is 2. The van der Waals surface area contributed by atoms with Crippen molar-refractivity contribution in [3.63, 3.8) is 0 Å². The van der Waals surface area contributed by atoms with Crippen molar-refractivity contribution in [1.82, 2.24) is 0 Å². The fourth-order valence-corrected chi connectivity index (χ4v) is 6.26. The predicted molar refractivity (Wildman–Crippen MR) is 120 cm³/mol. The van der Waals surface area contributed by atoms with Crippen LogP contribution in [0, 0.1) is 5.82 Å². The summed E-state index contributed by atoms with van der Waals surface area (Å²) in [7, 11) is -2.23. The normalized spacial score (nSPS) is 20.4. The highest BCUT2D eigenvalue weighted by Crippen LogP contribution is 2.50. The SMILES string of the molecule is COc1ccc([C@@H]2[C@H](CC[C@@H](O)c3ccc(F)cc3)S(=O)(=O)N2c2ccccc2)c(O)c1. The van der Waals surface area contributed by atoms with Crippen LogP contribution >= 0.6 is 0 Å². The third-order valence-corrected chi connectivity index (χ3v) is 8.05. The molecule has 0 saturated carbocycles. The van der Waals surface area contributed by atoms with E-state index in [0.717, 1.165) is 0 Å². The lowest BCUT2D eigenvalue weighted by atomic mass is 9.95. The zero-order valence-corrected chi connectivity index (χ0v) is 18.2.